The van der Waals surface area contributed by atoms with Crippen LogP contribution in [0.25, 0.3) is 11.1 Å². The molecule has 0 bridgehead atoms. The van der Waals surface area contributed by atoms with Gasteiger partial charge in [-0.25, -0.2) is 0 Å². The standard InChI is InChI=1S/C20H23NO4S.ClH/c1-23-16-9-11-5-7-14(21)13-10-15(22)17(26-4)8-6-12(13)18(11)20(25-3)19(16)24-2;/h6,8-10,14H,5,7,21H2,1-4H3;1H. The molecule has 0 saturated carbocycles. The van der Waals surface area contributed by atoms with Crippen LogP contribution in [0, 0.1) is 0 Å². The van der Waals surface area contributed by atoms with E-state index in [1.807, 2.05) is 24.5 Å². The van der Waals surface area contributed by atoms with E-state index in [2.05, 4.69) is 0 Å². The number of hydrogen-bond donors (Lipinski definition) is 1. The second-order valence-corrected chi connectivity index (χ2v) is 6.95. The fourth-order valence-corrected chi connectivity index (χ4v) is 3.96. The molecule has 1 unspecified atom stereocenters. The van der Waals surface area contributed by atoms with E-state index in [4.69, 9.17) is 19.9 Å². The molecule has 0 fully saturated rings. The van der Waals surface area contributed by atoms with Gasteiger partial charge in [-0.1, -0.05) is 6.07 Å². The Balaban J connectivity index is 0.00000261. The summed E-state index contributed by atoms with van der Waals surface area (Å²) in [7, 11) is 4.80. The fraction of sp³-hybridized carbons (Fsp3) is 0.350. The molecule has 0 spiro atoms. The van der Waals surface area contributed by atoms with E-state index >= 15 is 0 Å². The number of rotatable bonds is 4. The number of aryl methyl sites for hydroxylation is 1. The molecule has 0 aromatic heterocycles. The minimum Gasteiger partial charge on any atom is -0.493 e. The molecule has 0 radical (unpaired) electrons. The fourth-order valence-electron chi connectivity index (χ4n) is 3.50. The van der Waals surface area contributed by atoms with E-state index in [1.54, 1.807) is 27.4 Å². The van der Waals surface area contributed by atoms with Gasteiger partial charge in [0.25, 0.3) is 0 Å². The van der Waals surface area contributed by atoms with Crippen molar-refractivity contribution in [1.82, 2.24) is 0 Å². The highest BCUT2D eigenvalue weighted by molar-refractivity contribution is 7.98. The van der Waals surface area contributed by atoms with Crippen LogP contribution in [0.1, 0.15) is 23.6 Å². The molecule has 2 aromatic rings. The minimum atomic E-state index is -0.228. The van der Waals surface area contributed by atoms with Gasteiger partial charge in [-0.05, 0) is 54.0 Å². The van der Waals surface area contributed by atoms with Crippen LogP contribution in [0.2, 0.25) is 0 Å². The van der Waals surface area contributed by atoms with Crippen LogP contribution in [0.3, 0.4) is 0 Å². The second kappa shape index (κ2) is 8.87. The van der Waals surface area contributed by atoms with E-state index in [1.165, 1.54) is 11.8 Å². The summed E-state index contributed by atoms with van der Waals surface area (Å²) < 4.78 is 16.8. The maximum absolute atomic E-state index is 12.5. The average Bonchev–Trinajstić information content (AvgIpc) is 2.89. The third-order valence-corrected chi connectivity index (χ3v) is 5.54. The molecule has 7 heteroatoms. The Bertz CT molecular complexity index is 904. The lowest BCUT2D eigenvalue weighted by Gasteiger charge is -2.19. The number of benzene rings is 1. The zero-order valence-electron chi connectivity index (χ0n) is 15.8. The number of thioether (sulfide) groups is 1. The van der Waals surface area contributed by atoms with E-state index in [-0.39, 0.29) is 23.9 Å². The van der Waals surface area contributed by atoms with Crippen molar-refractivity contribution in [3.63, 3.8) is 0 Å². The normalized spacial score (nSPS) is 14.9. The van der Waals surface area contributed by atoms with Gasteiger partial charge in [0.1, 0.15) is 0 Å². The van der Waals surface area contributed by atoms with Gasteiger partial charge in [-0.3, -0.25) is 4.79 Å². The summed E-state index contributed by atoms with van der Waals surface area (Å²) in [5.74, 6) is 1.76. The topological polar surface area (TPSA) is 70.8 Å². The summed E-state index contributed by atoms with van der Waals surface area (Å²) in [5.41, 5.74) is 10.1. The predicted molar refractivity (Wildman–Crippen MR) is 112 cm³/mol. The first-order chi connectivity index (χ1) is 12.5. The SMILES string of the molecule is COc1cc2c(c(OC)c1OC)-c1ccc(SC)c(=O)cc1C(N)CC2.Cl. The van der Waals surface area contributed by atoms with Gasteiger partial charge in [0.15, 0.2) is 16.9 Å². The van der Waals surface area contributed by atoms with Gasteiger partial charge in [0, 0.05) is 11.6 Å². The Kier molecular flexibility index (Phi) is 7.03. The van der Waals surface area contributed by atoms with Gasteiger partial charge in [-0.15, -0.1) is 24.2 Å². The minimum absolute atomic E-state index is 0. The highest BCUT2D eigenvalue weighted by atomic mass is 35.5. The Morgan fingerprint density at radius 3 is 2.37 bits per heavy atom. The lowest BCUT2D eigenvalue weighted by molar-refractivity contribution is 0.324. The molecule has 2 N–H and O–H groups in total. The molecule has 1 aliphatic rings. The quantitative estimate of drug-likeness (QED) is 0.774. The second-order valence-electron chi connectivity index (χ2n) is 6.10. The maximum atomic E-state index is 12.5. The number of methoxy groups -OCH3 is 3. The molecule has 1 atom stereocenters. The molecule has 1 aliphatic carbocycles. The zero-order valence-corrected chi connectivity index (χ0v) is 17.5. The van der Waals surface area contributed by atoms with E-state index in [0.717, 1.165) is 35.1 Å². The van der Waals surface area contributed by atoms with Crippen molar-refractivity contribution >= 4 is 24.2 Å². The summed E-state index contributed by atoms with van der Waals surface area (Å²) in [5, 5.41) is 0. The molecule has 0 amide bonds. The van der Waals surface area contributed by atoms with Crippen LogP contribution in [0.5, 0.6) is 17.2 Å². The zero-order chi connectivity index (χ0) is 18.8. The van der Waals surface area contributed by atoms with Crippen molar-refractivity contribution in [2.45, 2.75) is 23.8 Å². The molecule has 0 heterocycles. The van der Waals surface area contributed by atoms with Crippen LogP contribution in [-0.2, 0) is 6.42 Å². The van der Waals surface area contributed by atoms with Gasteiger partial charge in [0.05, 0.1) is 26.2 Å². The first-order valence-corrected chi connectivity index (χ1v) is 9.58. The van der Waals surface area contributed by atoms with E-state index in [9.17, 15) is 4.79 Å². The van der Waals surface area contributed by atoms with Crippen LogP contribution in [-0.4, -0.2) is 27.6 Å². The highest BCUT2D eigenvalue weighted by Crippen LogP contribution is 2.49. The molecule has 3 rings (SSSR count). The smallest absolute Gasteiger partial charge is 0.203 e. The average molecular weight is 410 g/mol. The predicted octanol–water partition coefficient (Wildman–Crippen LogP) is 3.83. The van der Waals surface area contributed by atoms with Crippen molar-refractivity contribution in [2.75, 3.05) is 27.6 Å². The van der Waals surface area contributed by atoms with Gasteiger partial charge >= 0.3 is 0 Å². The number of ether oxygens (including phenoxy) is 3. The van der Waals surface area contributed by atoms with Crippen LogP contribution in [0.4, 0.5) is 0 Å². The van der Waals surface area contributed by atoms with Crippen molar-refractivity contribution in [1.29, 1.82) is 0 Å². The molecular formula is C20H24ClNO4S. The molecule has 0 saturated heterocycles. The summed E-state index contributed by atoms with van der Waals surface area (Å²) in [6.45, 7) is 0. The number of nitrogens with two attached hydrogens (primary N) is 1. The summed E-state index contributed by atoms with van der Waals surface area (Å²) in [4.78, 5) is 13.2. The highest BCUT2D eigenvalue weighted by Gasteiger charge is 2.27. The molecular weight excluding hydrogens is 386 g/mol. The number of hydrogen-bond acceptors (Lipinski definition) is 6. The van der Waals surface area contributed by atoms with Gasteiger partial charge < -0.3 is 19.9 Å². The molecule has 27 heavy (non-hydrogen) atoms. The van der Waals surface area contributed by atoms with Crippen LogP contribution >= 0.6 is 24.2 Å². The third-order valence-electron chi connectivity index (χ3n) is 4.77. The van der Waals surface area contributed by atoms with E-state index < -0.39 is 0 Å². The van der Waals surface area contributed by atoms with Gasteiger partial charge in [0.2, 0.25) is 5.75 Å². The first-order valence-electron chi connectivity index (χ1n) is 8.35. The maximum Gasteiger partial charge on any atom is 0.203 e. The Morgan fingerprint density at radius 1 is 1.07 bits per heavy atom. The Morgan fingerprint density at radius 2 is 1.78 bits per heavy atom. The number of fused-ring (bicyclic) bond motifs is 3. The monoisotopic (exact) mass is 409 g/mol. The van der Waals surface area contributed by atoms with Crippen molar-refractivity contribution in [3.8, 4) is 28.4 Å². The first kappa shape index (κ1) is 21.4. The lowest BCUT2D eigenvalue weighted by atomic mass is 9.95. The van der Waals surface area contributed by atoms with Crippen LogP contribution in [0.15, 0.2) is 34.0 Å². The summed E-state index contributed by atoms with van der Waals surface area (Å²) in [6.07, 6.45) is 3.39. The lowest BCUT2D eigenvalue weighted by Crippen LogP contribution is -2.12. The Labute approximate surface area is 169 Å². The van der Waals surface area contributed by atoms with Crippen molar-refractivity contribution < 1.29 is 14.2 Å². The third kappa shape index (κ3) is 3.74. The molecule has 2 aromatic carbocycles. The van der Waals surface area contributed by atoms with Crippen molar-refractivity contribution in [3.05, 3.63) is 45.6 Å². The largest absolute Gasteiger partial charge is 0.493 e. The van der Waals surface area contributed by atoms with Crippen molar-refractivity contribution in [2.24, 2.45) is 5.73 Å². The number of halogens is 1. The molecule has 0 aliphatic heterocycles. The molecule has 5 nitrogen and oxygen atoms in total. The summed E-state index contributed by atoms with van der Waals surface area (Å²) >= 11 is 1.43. The van der Waals surface area contributed by atoms with Crippen LogP contribution < -0.4 is 25.4 Å². The van der Waals surface area contributed by atoms with E-state index in [0.29, 0.717) is 22.1 Å². The van der Waals surface area contributed by atoms with Gasteiger partial charge in [-0.2, -0.15) is 0 Å². The Hall–Kier alpha value is -1.89. The summed E-state index contributed by atoms with van der Waals surface area (Å²) in [6, 6.07) is 7.22. The molecule has 146 valence electrons.